The van der Waals surface area contributed by atoms with Crippen molar-refractivity contribution in [1.82, 2.24) is 24.6 Å². The van der Waals surface area contributed by atoms with Gasteiger partial charge >= 0.3 is 11.9 Å². The molecule has 2 aromatic heterocycles. The number of carbonyl (C=O) groups excluding carboxylic acids is 1. The Bertz CT molecular complexity index is 1510. The van der Waals surface area contributed by atoms with E-state index in [-0.39, 0.29) is 18.7 Å². The van der Waals surface area contributed by atoms with Crippen molar-refractivity contribution < 1.29 is 18.0 Å². The van der Waals surface area contributed by atoms with E-state index in [9.17, 15) is 27.6 Å². The second-order valence-corrected chi connectivity index (χ2v) is 8.01. The van der Waals surface area contributed by atoms with Crippen LogP contribution in [0.5, 0.6) is 0 Å². The third-order valence-corrected chi connectivity index (χ3v) is 5.32. The second-order valence-electron chi connectivity index (χ2n) is 8.01. The lowest BCUT2D eigenvalue weighted by Gasteiger charge is -2.13. The molecule has 1 amide bonds. The fourth-order valence-corrected chi connectivity index (χ4v) is 3.47. The van der Waals surface area contributed by atoms with E-state index in [2.05, 4.69) is 15.4 Å². The zero-order valence-electron chi connectivity index (χ0n) is 19.0. The van der Waals surface area contributed by atoms with Crippen LogP contribution in [0.4, 0.5) is 13.2 Å². The van der Waals surface area contributed by atoms with Crippen molar-refractivity contribution in [2.75, 3.05) is 0 Å². The fourth-order valence-electron chi connectivity index (χ4n) is 3.47. The first-order valence-corrected chi connectivity index (χ1v) is 10.8. The van der Waals surface area contributed by atoms with E-state index >= 15 is 0 Å². The van der Waals surface area contributed by atoms with Crippen LogP contribution in [0.2, 0.25) is 0 Å². The number of rotatable bonds is 6. The number of benzene rings is 2. The number of nitrogens with one attached hydrogen (secondary N) is 1. The largest absolute Gasteiger partial charge is 0.416 e. The van der Waals surface area contributed by atoms with Gasteiger partial charge < -0.3 is 5.32 Å². The summed E-state index contributed by atoms with van der Waals surface area (Å²) < 4.78 is 40.5. The quantitative estimate of drug-likeness (QED) is 0.443. The minimum Gasteiger partial charge on any atom is -0.346 e. The van der Waals surface area contributed by atoms with Gasteiger partial charge in [-0.25, -0.2) is 4.79 Å². The number of carbonyl (C=O) groups is 1. The number of nitrogens with zero attached hydrogens (tertiary/aromatic N) is 4. The Labute approximate surface area is 202 Å². The summed E-state index contributed by atoms with van der Waals surface area (Å²) in [5.41, 5.74) is -1.12. The molecule has 0 fully saturated rings. The molecule has 0 radical (unpaired) electrons. The molecule has 0 spiro atoms. The maximum absolute atomic E-state index is 13.2. The van der Waals surface area contributed by atoms with Crippen LogP contribution in [0, 0.1) is 6.92 Å². The number of hydrogen-bond acceptors (Lipinski definition) is 5. The average Bonchev–Trinajstić information content (AvgIpc) is 2.85. The molecule has 11 heteroatoms. The third kappa shape index (κ3) is 5.40. The van der Waals surface area contributed by atoms with Crippen LogP contribution >= 0.6 is 0 Å². The minimum absolute atomic E-state index is 0.0657. The monoisotopic (exact) mass is 495 g/mol. The van der Waals surface area contributed by atoms with Gasteiger partial charge in [0.1, 0.15) is 0 Å². The Balaban J connectivity index is 1.76. The van der Waals surface area contributed by atoms with E-state index in [0.717, 1.165) is 26.9 Å². The average molecular weight is 495 g/mol. The molecular weight excluding hydrogens is 475 g/mol. The zero-order chi connectivity index (χ0) is 25.9. The van der Waals surface area contributed by atoms with Gasteiger partial charge in [-0.15, -0.1) is 0 Å². The van der Waals surface area contributed by atoms with Crippen LogP contribution in [-0.4, -0.2) is 25.2 Å². The normalized spacial score (nSPS) is 11.3. The van der Waals surface area contributed by atoms with Crippen LogP contribution in [0.15, 0.2) is 82.6 Å². The lowest BCUT2D eigenvalue weighted by Crippen LogP contribution is -2.46. The number of halogens is 3. The Hall–Kier alpha value is -4.54. The molecule has 4 aromatic rings. The van der Waals surface area contributed by atoms with E-state index in [1.54, 1.807) is 55.7 Å². The standard InChI is InChI=1S/C25H20F3N5O3/c1-16-4-2-6-20(12-16)33-24(36)32(15-17-7-9-19(10-8-17)25(26,27)28)23(35)21(31-33)22(34)30-14-18-5-3-11-29-13-18/h2-13H,14-15H2,1H3,(H,30,34). The summed E-state index contributed by atoms with van der Waals surface area (Å²) >= 11 is 0. The van der Waals surface area contributed by atoms with Gasteiger partial charge in [-0.05, 0) is 53.9 Å². The molecule has 8 nitrogen and oxygen atoms in total. The molecule has 4 rings (SSSR count). The van der Waals surface area contributed by atoms with Crippen LogP contribution in [0.3, 0.4) is 0 Å². The first-order valence-electron chi connectivity index (χ1n) is 10.8. The summed E-state index contributed by atoms with van der Waals surface area (Å²) in [7, 11) is 0. The lowest BCUT2D eigenvalue weighted by atomic mass is 10.1. The Morgan fingerprint density at radius 1 is 1.00 bits per heavy atom. The summed E-state index contributed by atoms with van der Waals surface area (Å²) in [6.45, 7) is 1.51. The van der Waals surface area contributed by atoms with Gasteiger partial charge in [0.25, 0.3) is 11.5 Å². The highest BCUT2D eigenvalue weighted by Crippen LogP contribution is 2.29. The summed E-state index contributed by atoms with van der Waals surface area (Å²) in [4.78, 5) is 43.3. The molecular formula is C25H20F3N5O3. The molecule has 0 aliphatic heterocycles. The van der Waals surface area contributed by atoms with Gasteiger partial charge in [-0.2, -0.15) is 23.0 Å². The fraction of sp³-hybridized carbons (Fsp3) is 0.160. The van der Waals surface area contributed by atoms with Crippen molar-refractivity contribution in [3.8, 4) is 5.69 Å². The van der Waals surface area contributed by atoms with Gasteiger partial charge in [-0.3, -0.25) is 19.1 Å². The van der Waals surface area contributed by atoms with E-state index < -0.39 is 34.6 Å². The van der Waals surface area contributed by atoms with Crippen molar-refractivity contribution >= 4 is 5.91 Å². The molecule has 2 aromatic carbocycles. The SMILES string of the molecule is Cc1cccc(-n2nc(C(=O)NCc3cccnc3)c(=O)n(Cc3ccc(C(F)(F)F)cc3)c2=O)c1. The van der Waals surface area contributed by atoms with Crippen molar-refractivity contribution in [1.29, 1.82) is 0 Å². The van der Waals surface area contributed by atoms with Crippen LogP contribution in [0.25, 0.3) is 5.69 Å². The number of alkyl halides is 3. The molecule has 2 heterocycles. The highest BCUT2D eigenvalue weighted by molar-refractivity contribution is 5.91. The Morgan fingerprint density at radius 3 is 2.39 bits per heavy atom. The van der Waals surface area contributed by atoms with Crippen molar-refractivity contribution in [2.24, 2.45) is 0 Å². The van der Waals surface area contributed by atoms with Gasteiger partial charge in [0, 0.05) is 18.9 Å². The maximum Gasteiger partial charge on any atom is 0.416 e. The molecule has 1 N–H and O–H groups in total. The number of aryl methyl sites for hydroxylation is 1. The smallest absolute Gasteiger partial charge is 0.346 e. The zero-order valence-corrected chi connectivity index (χ0v) is 19.0. The van der Waals surface area contributed by atoms with Crippen molar-refractivity contribution in [3.63, 3.8) is 0 Å². The molecule has 184 valence electrons. The first kappa shape index (κ1) is 24.6. The molecule has 0 saturated heterocycles. The Morgan fingerprint density at radius 2 is 1.75 bits per heavy atom. The molecule has 0 saturated carbocycles. The van der Waals surface area contributed by atoms with Crippen LogP contribution in [-0.2, 0) is 19.3 Å². The Kier molecular flexibility index (Phi) is 6.82. The highest BCUT2D eigenvalue weighted by atomic mass is 19.4. The van der Waals surface area contributed by atoms with Crippen LogP contribution in [0.1, 0.15) is 32.7 Å². The first-order chi connectivity index (χ1) is 17.1. The van der Waals surface area contributed by atoms with E-state index in [4.69, 9.17) is 0 Å². The van der Waals surface area contributed by atoms with Gasteiger partial charge in [-0.1, -0.05) is 30.3 Å². The number of amides is 1. The van der Waals surface area contributed by atoms with Gasteiger partial charge in [0.05, 0.1) is 17.8 Å². The molecule has 0 atom stereocenters. The number of pyridine rings is 1. The third-order valence-electron chi connectivity index (χ3n) is 5.32. The summed E-state index contributed by atoms with van der Waals surface area (Å²) in [5, 5.41) is 6.62. The summed E-state index contributed by atoms with van der Waals surface area (Å²) in [6.07, 6.45) is -1.40. The van der Waals surface area contributed by atoms with E-state index in [1.165, 1.54) is 12.1 Å². The number of hydrogen-bond donors (Lipinski definition) is 1. The predicted octanol–water partition coefficient (Wildman–Crippen LogP) is 3.09. The number of aromatic nitrogens is 4. The van der Waals surface area contributed by atoms with Gasteiger partial charge in [0.2, 0.25) is 5.69 Å². The lowest BCUT2D eigenvalue weighted by molar-refractivity contribution is -0.137. The molecule has 0 aliphatic rings. The summed E-state index contributed by atoms with van der Waals surface area (Å²) in [6, 6.07) is 14.2. The second kappa shape index (κ2) is 9.98. The minimum atomic E-state index is -4.52. The van der Waals surface area contributed by atoms with Crippen molar-refractivity contribution in [2.45, 2.75) is 26.2 Å². The summed E-state index contributed by atoms with van der Waals surface area (Å²) in [5.74, 6) is -0.813. The van der Waals surface area contributed by atoms with Crippen molar-refractivity contribution in [3.05, 3.63) is 122 Å². The molecule has 0 unspecified atom stereocenters. The topological polar surface area (TPSA) is 98.9 Å². The van der Waals surface area contributed by atoms with Gasteiger partial charge in [0.15, 0.2) is 0 Å². The van der Waals surface area contributed by atoms with Crippen LogP contribution < -0.4 is 16.6 Å². The highest BCUT2D eigenvalue weighted by Gasteiger charge is 2.30. The van der Waals surface area contributed by atoms with E-state index in [1.807, 2.05) is 0 Å². The molecule has 0 bridgehead atoms. The molecule has 0 aliphatic carbocycles. The predicted molar refractivity (Wildman–Crippen MR) is 125 cm³/mol. The molecule has 36 heavy (non-hydrogen) atoms. The maximum atomic E-state index is 13.2. The van der Waals surface area contributed by atoms with E-state index in [0.29, 0.717) is 11.3 Å².